The first-order chi connectivity index (χ1) is 9.13. The van der Waals surface area contributed by atoms with Crippen LogP contribution in [0.3, 0.4) is 0 Å². The number of likely N-dealkylation sites (N-methyl/N-ethyl adjacent to an activating group) is 1. The van der Waals surface area contributed by atoms with E-state index in [0.717, 1.165) is 45.6 Å². The molecule has 1 saturated heterocycles. The van der Waals surface area contributed by atoms with Crippen LogP contribution >= 0.6 is 0 Å². The van der Waals surface area contributed by atoms with E-state index >= 15 is 0 Å². The molecule has 1 rings (SSSR count). The lowest BCUT2D eigenvalue weighted by atomic mass is 9.97. The van der Waals surface area contributed by atoms with E-state index in [1.54, 1.807) is 0 Å². The Labute approximate surface area is 118 Å². The summed E-state index contributed by atoms with van der Waals surface area (Å²) in [7, 11) is 0. The number of rotatable bonds is 9. The molecule has 2 unspecified atom stereocenters. The molecule has 0 aromatic heterocycles. The largest absolute Gasteiger partial charge is 0.377 e. The zero-order chi connectivity index (χ0) is 14.1. The van der Waals surface area contributed by atoms with Crippen LogP contribution in [0.2, 0.25) is 0 Å². The summed E-state index contributed by atoms with van der Waals surface area (Å²) in [5.74, 6) is 0. The third kappa shape index (κ3) is 5.90. The molecule has 1 aliphatic heterocycles. The van der Waals surface area contributed by atoms with Crippen LogP contribution in [0.15, 0.2) is 0 Å². The Bertz CT molecular complexity index is 284. The fraction of sp³-hybridized carbons (Fsp3) is 0.933. The highest BCUT2D eigenvalue weighted by atomic mass is 16.5. The molecule has 0 aliphatic carbocycles. The molecule has 4 nitrogen and oxygen atoms in total. The quantitative estimate of drug-likeness (QED) is 0.695. The normalized spacial score (nSPS) is 22.4. The lowest BCUT2D eigenvalue weighted by molar-refractivity contribution is 0.0738. The molecule has 1 N–H and O–H groups in total. The first-order valence-corrected chi connectivity index (χ1v) is 7.63. The van der Waals surface area contributed by atoms with Crippen LogP contribution in [0.5, 0.6) is 0 Å². The van der Waals surface area contributed by atoms with E-state index in [0.29, 0.717) is 6.10 Å². The van der Waals surface area contributed by atoms with E-state index in [4.69, 9.17) is 4.74 Å². The zero-order valence-corrected chi connectivity index (χ0v) is 12.7. The van der Waals surface area contributed by atoms with Gasteiger partial charge in [0.1, 0.15) is 5.54 Å². The first-order valence-electron chi connectivity index (χ1n) is 7.63. The highest BCUT2D eigenvalue weighted by molar-refractivity contribution is 5.03. The number of hydrogen-bond acceptors (Lipinski definition) is 4. The van der Waals surface area contributed by atoms with Gasteiger partial charge in [-0.3, -0.25) is 5.32 Å². The third-order valence-electron chi connectivity index (χ3n) is 3.90. The second-order valence-electron chi connectivity index (χ2n) is 5.61. The van der Waals surface area contributed by atoms with Gasteiger partial charge in [-0.05, 0) is 52.2 Å². The summed E-state index contributed by atoms with van der Waals surface area (Å²) in [6, 6.07) is 2.39. The Morgan fingerprint density at radius 1 is 1.47 bits per heavy atom. The third-order valence-corrected chi connectivity index (χ3v) is 3.90. The molecule has 1 aliphatic rings. The van der Waals surface area contributed by atoms with Crippen LogP contribution in [0.1, 0.15) is 46.5 Å². The molecule has 1 heterocycles. The van der Waals surface area contributed by atoms with Crippen molar-refractivity contribution >= 4 is 0 Å². The SMILES string of the molecule is CCNC(C)(C#N)CCCN(CC)CC1CCCO1. The predicted octanol–water partition coefficient (Wildman–Crippen LogP) is 2.16. The first kappa shape index (κ1) is 16.4. The average molecular weight is 267 g/mol. The number of hydrogen-bond donors (Lipinski definition) is 1. The van der Waals surface area contributed by atoms with Crippen molar-refractivity contribution in [1.82, 2.24) is 10.2 Å². The van der Waals surface area contributed by atoms with Crippen LogP contribution in [0.4, 0.5) is 0 Å². The van der Waals surface area contributed by atoms with E-state index in [2.05, 4.69) is 23.2 Å². The highest BCUT2D eigenvalue weighted by Crippen LogP contribution is 2.15. The van der Waals surface area contributed by atoms with Gasteiger partial charge in [0.2, 0.25) is 0 Å². The molecule has 0 radical (unpaired) electrons. The lowest BCUT2D eigenvalue weighted by Gasteiger charge is -2.26. The Hall–Kier alpha value is -0.630. The fourth-order valence-corrected chi connectivity index (χ4v) is 2.69. The number of ether oxygens (including phenoxy) is 1. The minimum Gasteiger partial charge on any atom is -0.377 e. The van der Waals surface area contributed by atoms with Crippen LogP contribution in [0, 0.1) is 11.3 Å². The zero-order valence-electron chi connectivity index (χ0n) is 12.7. The molecule has 1 fully saturated rings. The maximum atomic E-state index is 9.22. The van der Waals surface area contributed by atoms with Gasteiger partial charge in [0, 0.05) is 13.2 Å². The smallest absolute Gasteiger partial charge is 0.103 e. The Kier molecular flexibility index (Phi) is 7.37. The van der Waals surface area contributed by atoms with Gasteiger partial charge in [-0.2, -0.15) is 5.26 Å². The molecule has 0 aromatic carbocycles. The molecule has 4 heteroatoms. The molecular weight excluding hydrogens is 238 g/mol. The maximum absolute atomic E-state index is 9.22. The molecule has 0 amide bonds. The van der Waals surface area contributed by atoms with E-state index in [1.165, 1.54) is 12.8 Å². The van der Waals surface area contributed by atoms with Gasteiger partial charge >= 0.3 is 0 Å². The molecule has 19 heavy (non-hydrogen) atoms. The van der Waals surface area contributed by atoms with E-state index < -0.39 is 0 Å². The van der Waals surface area contributed by atoms with E-state index in [-0.39, 0.29) is 5.54 Å². The van der Waals surface area contributed by atoms with Crippen molar-refractivity contribution < 1.29 is 4.74 Å². The summed E-state index contributed by atoms with van der Waals surface area (Å²) in [6.45, 7) is 11.2. The highest BCUT2D eigenvalue weighted by Gasteiger charge is 2.23. The van der Waals surface area contributed by atoms with Gasteiger partial charge in [-0.1, -0.05) is 13.8 Å². The lowest BCUT2D eigenvalue weighted by Crippen LogP contribution is -2.41. The topological polar surface area (TPSA) is 48.3 Å². The molecule has 110 valence electrons. The van der Waals surface area contributed by atoms with Crippen LogP contribution in [-0.4, -0.2) is 49.3 Å². The summed E-state index contributed by atoms with van der Waals surface area (Å²) in [5.41, 5.74) is -0.377. The van der Waals surface area contributed by atoms with Gasteiger partial charge in [-0.15, -0.1) is 0 Å². The van der Waals surface area contributed by atoms with E-state index in [1.807, 2.05) is 13.8 Å². The van der Waals surface area contributed by atoms with Crippen LogP contribution in [-0.2, 0) is 4.74 Å². The Balaban J connectivity index is 2.26. The van der Waals surface area contributed by atoms with Crippen molar-refractivity contribution in [3.63, 3.8) is 0 Å². The Morgan fingerprint density at radius 3 is 2.79 bits per heavy atom. The van der Waals surface area contributed by atoms with Gasteiger partial charge in [0.15, 0.2) is 0 Å². The molecule has 0 saturated carbocycles. The van der Waals surface area contributed by atoms with Crippen molar-refractivity contribution in [2.24, 2.45) is 0 Å². The minimum absolute atomic E-state index is 0.377. The molecule has 0 bridgehead atoms. The van der Waals surface area contributed by atoms with Crippen LogP contribution < -0.4 is 5.32 Å². The van der Waals surface area contributed by atoms with Gasteiger partial charge in [-0.25, -0.2) is 0 Å². The molecule has 0 spiro atoms. The summed E-state index contributed by atoms with van der Waals surface area (Å²) in [6.07, 6.45) is 4.78. The predicted molar refractivity (Wildman–Crippen MR) is 78.0 cm³/mol. The number of nitrogens with one attached hydrogen (secondary N) is 1. The van der Waals surface area contributed by atoms with Gasteiger partial charge in [0.25, 0.3) is 0 Å². The monoisotopic (exact) mass is 267 g/mol. The van der Waals surface area contributed by atoms with Crippen LogP contribution in [0.25, 0.3) is 0 Å². The van der Waals surface area contributed by atoms with Crippen molar-refractivity contribution in [3.8, 4) is 6.07 Å². The summed E-state index contributed by atoms with van der Waals surface area (Å²) < 4.78 is 5.69. The van der Waals surface area contributed by atoms with Crippen molar-refractivity contribution in [2.45, 2.75) is 58.1 Å². The number of nitriles is 1. The second kappa shape index (κ2) is 8.52. The van der Waals surface area contributed by atoms with Gasteiger partial charge in [0.05, 0.1) is 12.2 Å². The molecular formula is C15H29N3O. The fourth-order valence-electron chi connectivity index (χ4n) is 2.69. The number of nitrogens with zero attached hydrogens (tertiary/aromatic N) is 2. The molecule has 0 aromatic rings. The molecule has 2 atom stereocenters. The Morgan fingerprint density at radius 2 is 2.26 bits per heavy atom. The van der Waals surface area contributed by atoms with Crippen molar-refractivity contribution in [1.29, 1.82) is 5.26 Å². The second-order valence-corrected chi connectivity index (χ2v) is 5.61. The maximum Gasteiger partial charge on any atom is 0.103 e. The van der Waals surface area contributed by atoms with Crippen molar-refractivity contribution in [2.75, 3.05) is 32.8 Å². The minimum atomic E-state index is -0.377. The summed E-state index contributed by atoms with van der Waals surface area (Å²) in [5, 5.41) is 12.5. The summed E-state index contributed by atoms with van der Waals surface area (Å²) >= 11 is 0. The van der Waals surface area contributed by atoms with Gasteiger partial charge < -0.3 is 9.64 Å². The van der Waals surface area contributed by atoms with Crippen molar-refractivity contribution in [3.05, 3.63) is 0 Å². The average Bonchev–Trinajstić information content (AvgIpc) is 2.91. The van der Waals surface area contributed by atoms with E-state index in [9.17, 15) is 5.26 Å². The standard InChI is InChI=1S/C15H29N3O/c1-4-17-15(3,13-16)9-7-10-18(5-2)12-14-8-6-11-19-14/h14,17H,4-12H2,1-3H3. The summed E-state index contributed by atoms with van der Waals surface area (Å²) in [4.78, 5) is 2.44.